The Hall–Kier alpha value is -0.100. The van der Waals surface area contributed by atoms with Gasteiger partial charge >= 0.3 is 0 Å². The molecule has 0 amide bonds. The molecule has 72 valence electrons. The first-order valence-electron chi connectivity index (χ1n) is 3.75. The molecule has 0 aliphatic heterocycles. The summed E-state index contributed by atoms with van der Waals surface area (Å²) in [5.74, 6) is 0.463. The maximum absolute atomic E-state index is 9.07. The lowest BCUT2D eigenvalue weighted by molar-refractivity contribution is 0.113. The number of hydrogen-bond donors (Lipinski definition) is 2. The number of pyridine rings is 1. The van der Waals surface area contributed by atoms with Crippen molar-refractivity contribution < 1.29 is 10.2 Å². The van der Waals surface area contributed by atoms with Crippen molar-refractivity contribution in [2.75, 3.05) is 12.4 Å². The number of thioether (sulfide) groups is 1. The summed E-state index contributed by atoms with van der Waals surface area (Å²) >= 11 is 4.70. The highest BCUT2D eigenvalue weighted by atomic mass is 79.9. The van der Waals surface area contributed by atoms with Gasteiger partial charge in [0.1, 0.15) is 0 Å². The Labute approximate surface area is 89.3 Å². The van der Waals surface area contributed by atoms with Crippen LogP contribution in [0.4, 0.5) is 0 Å². The van der Waals surface area contributed by atoms with Crippen molar-refractivity contribution in [1.29, 1.82) is 0 Å². The van der Waals surface area contributed by atoms with Crippen LogP contribution >= 0.6 is 27.7 Å². The fourth-order valence-electron chi connectivity index (χ4n) is 0.682. The fourth-order valence-corrected chi connectivity index (χ4v) is 1.68. The molecule has 2 N–H and O–H groups in total. The number of nitrogens with zero attached hydrogens (tertiary/aromatic N) is 1. The lowest BCUT2D eigenvalue weighted by atomic mass is 10.4. The van der Waals surface area contributed by atoms with Crippen LogP contribution < -0.4 is 0 Å². The summed E-state index contributed by atoms with van der Waals surface area (Å²) in [7, 11) is 0. The van der Waals surface area contributed by atoms with Crippen LogP contribution in [0, 0.1) is 0 Å². The van der Waals surface area contributed by atoms with Crippen LogP contribution in [0.1, 0.15) is 0 Å². The monoisotopic (exact) mass is 263 g/mol. The summed E-state index contributed by atoms with van der Waals surface area (Å²) in [6, 6.07) is 3.75. The number of aliphatic hydroxyl groups is 2. The zero-order chi connectivity index (χ0) is 9.68. The number of hydrogen-bond acceptors (Lipinski definition) is 4. The Morgan fingerprint density at radius 3 is 2.85 bits per heavy atom. The molecule has 0 fully saturated rings. The first-order chi connectivity index (χ1) is 6.22. The molecule has 1 aromatic rings. The minimum atomic E-state index is -0.671. The summed E-state index contributed by atoms with van der Waals surface area (Å²) in [4.78, 5) is 4.11. The lowest BCUT2D eigenvalue weighted by Crippen LogP contribution is -2.14. The second-order valence-electron chi connectivity index (χ2n) is 2.46. The van der Waals surface area contributed by atoms with E-state index in [1.54, 1.807) is 6.20 Å². The largest absolute Gasteiger partial charge is 0.394 e. The van der Waals surface area contributed by atoms with Crippen molar-refractivity contribution in [2.24, 2.45) is 0 Å². The molecule has 0 spiro atoms. The smallest absolute Gasteiger partial charge is 0.0961 e. The van der Waals surface area contributed by atoms with E-state index in [4.69, 9.17) is 10.2 Å². The maximum atomic E-state index is 9.07. The first-order valence-corrected chi connectivity index (χ1v) is 5.53. The van der Waals surface area contributed by atoms with E-state index < -0.39 is 6.10 Å². The van der Waals surface area contributed by atoms with Crippen LogP contribution in [0.25, 0.3) is 0 Å². The molecule has 0 saturated carbocycles. The molecule has 0 aliphatic rings. The van der Waals surface area contributed by atoms with Gasteiger partial charge in [0, 0.05) is 16.4 Å². The normalized spacial score (nSPS) is 12.8. The van der Waals surface area contributed by atoms with E-state index in [0.717, 1.165) is 9.50 Å². The van der Waals surface area contributed by atoms with Crippen LogP contribution in [0.5, 0.6) is 0 Å². The van der Waals surface area contributed by atoms with Gasteiger partial charge in [0.2, 0.25) is 0 Å². The Balaban J connectivity index is 2.41. The first kappa shape index (κ1) is 11.0. The van der Waals surface area contributed by atoms with Gasteiger partial charge in [-0.05, 0) is 28.1 Å². The van der Waals surface area contributed by atoms with Crippen molar-refractivity contribution >= 4 is 27.7 Å². The van der Waals surface area contributed by atoms with Gasteiger partial charge in [-0.3, -0.25) is 0 Å². The molecule has 1 aromatic heterocycles. The van der Waals surface area contributed by atoms with Gasteiger partial charge in [-0.1, -0.05) is 0 Å². The SMILES string of the molecule is OCC(O)CSc1ccc(Br)cn1. The van der Waals surface area contributed by atoms with Gasteiger partial charge in [-0.15, -0.1) is 11.8 Å². The molecule has 0 aliphatic carbocycles. The van der Waals surface area contributed by atoms with Crippen LogP contribution in [-0.4, -0.2) is 33.7 Å². The summed E-state index contributed by atoms with van der Waals surface area (Å²) in [6.45, 7) is -0.205. The molecule has 5 heteroatoms. The lowest BCUT2D eigenvalue weighted by Gasteiger charge is -2.05. The van der Waals surface area contributed by atoms with E-state index in [0.29, 0.717) is 5.75 Å². The topological polar surface area (TPSA) is 53.4 Å². The Kier molecular flexibility index (Phi) is 4.72. The second-order valence-corrected chi connectivity index (χ2v) is 4.42. The van der Waals surface area contributed by atoms with Gasteiger partial charge in [0.05, 0.1) is 17.7 Å². The van der Waals surface area contributed by atoms with E-state index >= 15 is 0 Å². The third-order valence-corrected chi connectivity index (χ3v) is 2.89. The Bertz CT molecular complexity index is 255. The Morgan fingerprint density at radius 2 is 2.31 bits per heavy atom. The minimum absolute atomic E-state index is 0.205. The van der Waals surface area contributed by atoms with Crippen molar-refractivity contribution in [2.45, 2.75) is 11.1 Å². The standard InChI is InChI=1S/C8H10BrNO2S/c9-6-1-2-8(10-3-6)13-5-7(12)4-11/h1-3,7,11-12H,4-5H2. The highest BCUT2D eigenvalue weighted by molar-refractivity contribution is 9.10. The van der Waals surface area contributed by atoms with Crippen LogP contribution in [0.15, 0.2) is 27.8 Å². The molecule has 0 radical (unpaired) electrons. The minimum Gasteiger partial charge on any atom is -0.394 e. The van der Waals surface area contributed by atoms with E-state index in [1.165, 1.54) is 11.8 Å². The number of rotatable bonds is 4. The third kappa shape index (κ3) is 4.08. The number of aromatic nitrogens is 1. The molecule has 1 atom stereocenters. The summed E-state index contributed by atoms with van der Waals surface area (Å²) in [5, 5.41) is 18.5. The maximum Gasteiger partial charge on any atom is 0.0961 e. The predicted octanol–water partition coefficient (Wildman–Crippen LogP) is 1.29. The van der Waals surface area contributed by atoms with Crippen molar-refractivity contribution in [3.05, 3.63) is 22.8 Å². The van der Waals surface area contributed by atoms with Gasteiger partial charge < -0.3 is 10.2 Å². The fraction of sp³-hybridized carbons (Fsp3) is 0.375. The highest BCUT2D eigenvalue weighted by Gasteiger charge is 2.03. The zero-order valence-electron chi connectivity index (χ0n) is 6.85. The Morgan fingerprint density at radius 1 is 1.54 bits per heavy atom. The van der Waals surface area contributed by atoms with E-state index in [9.17, 15) is 0 Å². The highest BCUT2D eigenvalue weighted by Crippen LogP contribution is 2.17. The predicted molar refractivity (Wildman–Crippen MR) is 55.8 cm³/mol. The molecular formula is C8H10BrNO2S. The van der Waals surface area contributed by atoms with Gasteiger partial charge in [-0.25, -0.2) is 4.98 Å². The van der Waals surface area contributed by atoms with Gasteiger partial charge in [0.15, 0.2) is 0 Å². The van der Waals surface area contributed by atoms with Crippen molar-refractivity contribution in [1.82, 2.24) is 4.98 Å². The zero-order valence-corrected chi connectivity index (χ0v) is 9.25. The third-order valence-electron chi connectivity index (χ3n) is 1.33. The molecule has 1 rings (SSSR count). The molecule has 0 saturated heterocycles. The molecule has 1 heterocycles. The van der Waals surface area contributed by atoms with Gasteiger partial charge in [0.25, 0.3) is 0 Å². The van der Waals surface area contributed by atoms with Gasteiger partial charge in [-0.2, -0.15) is 0 Å². The average molecular weight is 264 g/mol. The van der Waals surface area contributed by atoms with Crippen molar-refractivity contribution in [3.8, 4) is 0 Å². The van der Waals surface area contributed by atoms with Crippen molar-refractivity contribution in [3.63, 3.8) is 0 Å². The molecule has 0 bridgehead atoms. The molecule has 1 unspecified atom stereocenters. The number of halogens is 1. The summed E-state index contributed by atoms with van der Waals surface area (Å²) < 4.78 is 0.930. The van der Waals surface area contributed by atoms with E-state index in [1.807, 2.05) is 12.1 Å². The molecular weight excluding hydrogens is 254 g/mol. The van der Waals surface area contributed by atoms with E-state index in [-0.39, 0.29) is 6.61 Å². The van der Waals surface area contributed by atoms with Crippen LogP contribution in [0.2, 0.25) is 0 Å². The summed E-state index contributed by atoms with van der Waals surface area (Å²) in [5.41, 5.74) is 0. The summed E-state index contributed by atoms with van der Waals surface area (Å²) in [6.07, 6.45) is 1.03. The molecule has 3 nitrogen and oxygen atoms in total. The average Bonchev–Trinajstić information content (AvgIpc) is 2.16. The van der Waals surface area contributed by atoms with E-state index in [2.05, 4.69) is 20.9 Å². The van der Waals surface area contributed by atoms with Crippen LogP contribution in [0.3, 0.4) is 0 Å². The van der Waals surface area contributed by atoms with Crippen LogP contribution in [-0.2, 0) is 0 Å². The second kappa shape index (κ2) is 5.59. The molecule has 0 aromatic carbocycles. The quantitative estimate of drug-likeness (QED) is 0.805. The number of aliphatic hydroxyl groups excluding tert-OH is 2. The molecule has 13 heavy (non-hydrogen) atoms.